The van der Waals surface area contributed by atoms with Crippen LogP contribution in [0.3, 0.4) is 0 Å². The third-order valence-electron chi connectivity index (χ3n) is 10.3. The summed E-state index contributed by atoms with van der Waals surface area (Å²) in [5.74, 6) is 6.54. The van der Waals surface area contributed by atoms with E-state index in [0.717, 1.165) is 41.4 Å². The molecule has 0 amide bonds. The lowest BCUT2D eigenvalue weighted by molar-refractivity contribution is -0.0644. The highest BCUT2D eigenvalue weighted by Crippen LogP contribution is 2.67. The van der Waals surface area contributed by atoms with Crippen molar-refractivity contribution in [2.24, 2.45) is 52.3 Å². The Hall–Kier alpha value is -0.260. The van der Waals surface area contributed by atoms with E-state index < -0.39 is 0 Å². The lowest BCUT2D eigenvalue weighted by Crippen LogP contribution is -2.51. The quantitative estimate of drug-likeness (QED) is 0.427. The van der Waals surface area contributed by atoms with Crippen LogP contribution < -0.4 is 0 Å². The molecule has 0 nitrogen and oxygen atoms in total. The Kier molecular flexibility index (Phi) is 5.59. The van der Waals surface area contributed by atoms with E-state index in [2.05, 4.69) is 46.8 Å². The van der Waals surface area contributed by atoms with E-state index in [1.54, 1.807) is 0 Å². The molecule has 0 aromatic carbocycles. The van der Waals surface area contributed by atoms with E-state index in [1.165, 1.54) is 70.6 Å². The number of hydrogen-bond acceptors (Lipinski definition) is 0. The fourth-order valence-corrected chi connectivity index (χ4v) is 8.68. The lowest BCUT2D eigenvalue weighted by Gasteiger charge is -2.58. The molecule has 8 unspecified atom stereocenters. The van der Waals surface area contributed by atoms with Crippen molar-refractivity contribution in [2.75, 3.05) is 0 Å². The summed E-state index contributed by atoms with van der Waals surface area (Å²) in [6.45, 7) is 12.8. The van der Waals surface area contributed by atoms with Crippen molar-refractivity contribution < 1.29 is 0 Å². The monoisotopic (exact) mass is 370 g/mol. The van der Waals surface area contributed by atoms with E-state index >= 15 is 0 Å². The molecule has 4 rings (SSSR count). The fourth-order valence-electron chi connectivity index (χ4n) is 8.68. The molecule has 0 N–H and O–H groups in total. The van der Waals surface area contributed by atoms with Crippen LogP contribution in [0.5, 0.6) is 0 Å². The number of rotatable bonds is 5. The first-order valence-electron chi connectivity index (χ1n) is 12.5. The standard InChI is InChI=1S/C27H46/c1-19(2)9-8-10-20(3)23-14-15-24-22-13-12-21-11-6-7-17-26(21,4)25(22)16-18-27(23,24)5/h12-13,19-25H,6-11,14-18H2,1-5H3. The molecule has 4 aliphatic rings. The van der Waals surface area contributed by atoms with Gasteiger partial charge in [0.2, 0.25) is 0 Å². The average molecular weight is 371 g/mol. The normalized spacial score (nSPS) is 47.4. The Morgan fingerprint density at radius 3 is 2.37 bits per heavy atom. The van der Waals surface area contributed by atoms with E-state index in [-0.39, 0.29) is 0 Å². The molecule has 4 aliphatic carbocycles. The molecule has 0 bridgehead atoms. The molecule has 8 atom stereocenters. The molecular weight excluding hydrogens is 324 g/mol. The number of fused-ring (bicyclic) bond motifs is 5. The summed E-state index contributed by atoms with van der Waals surface area (Å²) in [6, 6.07) is 0. The molecule has 0 aromatic heterocycles. The Balaban J connectivity index is 1.49. The molecule has 0 aliphatic heterocycles. The van der Waals surface area contributed by atoms with Crippen LogP contribution in [-0.4, -0.2) is 0 Å². The Morgan fingerprint density at radius 2 is 1.59 bits per heavy atom. The first kappa shape index (κ1) is 20.0. The van der Waals surface area contributed by atoms with Gasteiger partial charge in [-0.2, -0.15) is 0 Å². The highest BCUT2D eigenvalue weighted by atomic mass is 14.6. The Labute approximate surface area is 170 Å². The van der Waals surface area contributed by atoms with Crippen LogP contribution in [0.15, 0.2) is 12.2 Å². The maximum Gasteiger partial charge on any atom is -0.0166 e. The molecule has 3 saturated carbocycles. The van der Waals surface area contributed by atoms with Gasteiger partial charge in [0.25, 0.3) is 0 Å². The first-order chi connectivity index (χ1) is 12.9. The molecule has 0 saturated heterocycles. The average Bonchev–Trinajstić information content (AvgIpc) is 2.98. The summed E-state index contributed by atoms with van der Waals surface area (Å²) in [6.07, 6.45) is 21.8. The molecule has 0 spiro atoms. The van der Waals surface area contributed by atoms with Crippen LogP contribution in [0.4, 0.5) is 0 Å². The molecule has 27 heavy (non-hydrogen) atoms. The summed E-state index contributed by atoms with van der Waals surface area (Å²) >= 11 is 0. The van der Waals surface area contributed by atoms with Crippen LogP contribution in [0.1, 0.15) is 105 Å². The van der Waals surface area contributed by atoms with Gasteiger partial charge in [0, 0.05) is 0 Å². The van der Waals surface area contributed by atoms with Gasteiger partial charge in [-0.15, -0.1) is 0 Å². The molecule has 3 fully saturated rings. The minimum atomic E-state index is 0.625. The van der Waals surface area contributed by atoms with Crippen LogP contribution in [-0.2, 0) is 0 Å². The van der Waals surface area contributed by atoms with Gasteiger partial charge in [-0.05, 0) is 90.8 Å². The van der Waals surface area contributed by atoms with Gasteiger partial charge < -0.3 is 0 Å². The van der Waals surface area contributed by atoms with Crippen molar-refractivity contribution >= 4 is 0 Å². The summed E-state index contributed by atoms with van der Waals surface area (Å²) in [7, 11) is 0. The van der Waals surface area contributed by atoms with Crippen molar-refractivity contribution in [3.05, 3.63) is 12.2 Å². The first-order valence-corrected chi connectivity index (χ1v) is 12.5. The zero-order chi connectivity index (χ0) is 19.2. The predicted molar refractivity (Wildman–Crippen MR) is 118 cm³/mol. The predicted octanol–water partition coefficient (Wildman–Crippen LogP) is 8.27. The third kappa shape index (κ3) is 3.36. The Morgan fingerprint density at radius 1 is 0.815 bits per heavy atom. The number of hydrogen-bond donors (Lipinski definition) is 0. The number of allylic oxidation sites excluding steroid dienone is 2. The lowest BCUT2D eigenvalue weighted by atomic mass is 9.46. The minimum absolute atomic E-state index is 0.625. The SMILES string of the molecule is CC(C)CCCC(C)C1CCC2C3C=CC4CCCCC4(C)C3CCC12C. The minimum Gasteiger partial charge on any atom is -0.0846 e. The summed E-state index contributed by atoms with van der Waals surface area (Å²) < 4.78 is 0. The summed E-state index contributed by atoms with van der Waals surface area (Å²) in [5, 5.41) is 0. The van der Waals surface area contributed by atoms with Crippen molar-refractivity contribution in [3.8, 4) is 0 Å². The molecule has 0 aromatic rings. The highest BCUT2D eigenvalue weighted by Gasteiger charge is 2.58. The van der Waals surface area contributed by atoms with Crippen LogP contribution >= 0.6 is 0 Å². The fraction of sp³-hybridized carbons (Fsp3) is 0.926. The molecule has 0 heteroatoms. The smallest absolute Gasteiger partial charge is 0.0166 e. The van der Waals surface area contributed by atoms with Gasteiger partial charge in [0.05, 0.1) is 0 Å². The summed E-state index contributed by atoms with van der Waals surface area (Å²) in [4.78, 5) is 0. The van der Waals surface area contributed by atoms with Gasteiger partial charge in [-0.1, -0.05) is 78.9 Å². The van der Waals surface area contributed by atoms with Gasteiger partial charge in [0.1, 0.15) is 0 Å². The third-order valence-corrected chi connectivity index (χ3v) is 10.3. The van der Waals surface area contributed by atoms with E-state index in [9.17, 15) is 0 Å². The van der Waals surface area contributed by atoms with Crippen molar-refractivity contribution in [2.45, 2.75) is 105 Å². The summed E-state index contributed by atoms with van der Waals surface area (Å²) in [5.41, 5.74) is 1.25. The van der Waals surface area contributed by atoms with Crippen LogP contribution in [0.2, 0.25) is 0 Å². The van der Waals surface area contributed by atoms with Crippen LogP contribution in [0, 0.1) is 52.3 Å². The maximum absolute atomic E-state index is 2.75. The van der Waals surface area contributed by atoms with Gasteiger partial charge in [0.15, 0.2) is 0 Å². The van der Waals surface area contributed by atoms with Gasteiger partial charge >= 0.3 is 0 Å². The van der Waals surface area contributed by atoms with Crippen LogP contribution in [0.25, 0.3) is 0 Å². The topological polar surface area (TPSA) is 0 Å². The molecule has 0 radical (unpaired) electrons. The largest absolute Gasteiger partial charge is 0.0846 e. The van der Waals surface area contributed by atoms with Crippen molar-refractivity contribution in [1.82, 2.24) is 0 Å². The highest BCUT2D eigenvalue weighted by molar-refractivity contribution is 5.17. The maximum atomic E-state index is 2.75. The second-order valence-electron chi connectivity index (χ2n) is 12.1. The molecular formula is C27H46. The molecule has 154 valence electrons. The second kappa shape index (κ2) is 7.53. The zero-order valence-electron chi connectivity index (χ0n) is 19.0. The van der Waals surface area contributed by atoms with E-state index in [4.69, 9.17) is 0 Å². The zero-order valence-corrected chi connectivity index (χ0v) is 19.0. The second-order valence-corrected chi connectivity index (χ2v) is 12.1. The molecule has 0 heterocycles. The van der Waals surface area contributed by atoms with Gasteiger partial charge in [-0.25, -0.2) is 0 Å². The van der Waals surface area contributed by atoms with Crippen molar-refractivity contribution in [3.63, 3.8) is 0 Å². The Bertz CT molecular complexity index is 544. The van der Waals surface area contributed by atoms with E-state index in [0.29, 0.717) is 10.8 Å². The van der Waals surface area contributed by atoms with Gasteiger partial charge in [-0.3, -0.25) is 0 Å². The van der Waals surface area contributed by atoms with Crippen molar-refractivity contribution in [1.29, 1.82) is 0 Å². The van der Waals surface area contributed by atoms with E-state index in [1.807, 2.05) is 0 Å².